The van der Waals surface area contributed by atoms with Gasteiger partial charge in [0.25, 0.3) is 0 Å². The Kier molecular flexibility index (Phi) is 6.77. The maximum atomic E-state index is 11.2. The van der Waals surface area contributed by atoms with Crippen molar-refractivity contribution in [3.05, 3.63) is 0 Å². The third kappa shape index (κ3) is 3.79. The standard InChI is InChI=1S/C34H58O2/c1-23(11-9-22-36-24(2)35)25-14-19-31(5)26(25)15-20-33(7)28(31)12-13-29-32(6)18-10-17-30(3,4)27(32)16-21-34(29,33)8/h23,25-29H,9-22H2,1-8H3/t23-,25-,26-,27+,28-,29-,31+,32+,33-,34-/m1/s1. The van der Waals surface area contributed by atoms with Gasteiger partial charge >= 0.3 is 5.97 Å². The summed E-state index contributed by atoms with van der Waals surface area (Å²) < 4.78 is 5.25. The summed E-state index contributed by atoms with van der Waals surface area (Å²) in [5, 5.41) is 0. The lowest BCUT2D eigenvalue weighted by Gasteiger charge is -2.73. The summed E-state index contributed by atoms with van der Waals surface area (Å²) in [5.41, 5.74) is 2.62. The van der Waals surface area contributed by atoms with E-state index in [-0.39, 0.29) is 5.97 Å². The van der Waals surface area contributed by atoms with Gasteiger partial charge in [0.15, 0.2) is 0 Å². The number of esters is 1. The van der Waals surface area contributed by atoms with Crippen LogP contribution < -0.4 is 0 Å². The number of ether oxygens (including phenoxy) is 1. The van der Waals surface area contributed by atoms with E-state index in [1.807, 2.05) is 0 Å². The van der Waals surface area contributed by atoms with Crippen molar-refractivity contribution in [1.29, 1.82) is 0 Å². The first-order chi connectivity index (χ1) is 16.8. The van der Waals surface area contributed by atoms with Crippen LogP contribution in [0.25, 0.3) is 0 Å². The minimum absolute atomic E-state index is 0.133. The van der Waals surface area contributed by atoms with Crippen LogP contribution in [0.2, 0.25) is 0 Å². The van der Waals surface area contributed by atoms with E-state index in [2.05, 4.69) is 48.5 Å². The number of carbonyl (C=O) groups is 1. The summed E-state index contributed by atoms with van der Waals surface area (Å²) in [6.45, 7) is 20.9. The summed E-state index contributed by atoms with van der Waals surface area (Å²) in [7, 11) is 0. The predicted molar refractivity (Wildman–Crippen MR) is 149 cm³/mol. The lowest BCUT2D eigenvalue weighted by molar-refractivity contribution is -0.241. The smallest absolute Gasteiger partial charge is 0.302 e. The second-order valence-electron chi connectivity index (χ2n) is 16.3. The number of carbonyl (C=O) groups excluding carboxylic acids is 1. The molecule has 0 aromatic rings. The van der Waals surface area contributed by atoms with Gasteiger partial charge in [-0.15, -0.1) is 0 Å². The molecule has 0 unspecified atom stereocenters. The molecule has 0 spiro atoms. The van der Waals surface area contributed by atoms with Crippen molar-refractivity contribution in [1.82, 2.24) is 0 Å². The second kappa shape index (κ2) is 9.01. The molecule has 0 saturated heterocycles. The van der Waals surface area contributed by atoms with E-state index < -0.39 is 0 Å². The molecule has 0 amide bonds. The fourth-order valence-electron chi connectivity index (χ4n) is 12.9. The van der Waals surface area contributed by atoms with Crippen molar-refractivity contribution in [2.75, 3.05) is 6.61 Å². The summed E-state index contributed by atoms with van der Waals surface area (Å²) in [4.78, 5) is 11.2. The van der Waals surface area contributed by atoms with E-state index in [4.69, 9.17) is 4.74 Å². The van der Waals surface area contributed by atoms with Crippen LogP contribution in [0.1, 0.15) is 139 Å². The highest BCUT2D eigenvalue weighted by Crippen LogP contribution is 2.78. The monoisotopic (exact) mass is 498 g/mol. The van der Waals surface area contributed by atoms with Crippen LogP contribution in [0.5, 0.6) is 0 Å². The van der Waals surface area contributed by atoms with Gasteiger partial charge in [-0.3, -0.25) is 4.79 Å². The number of hydrogen-bond donors (Lipinski definition) is 0. The highest BCUT2D eigenvalue weighted by Gasteiger charge is 2.70. The molecule has 0 aliphatic heterocycles. The van der Waals surface area contributed by atoms with Crippen molar-refractivity contribution < 1.29 is 9.53 Å². The van der Waals surface area contributed by atoms with Crippen molar-refractivity contribution >= 4 is 5.97 Å². The Labute approximate surface area is 223 Å². The molecule has 5 saturated carbocycles. The van der Waals surface area contributed by atoms with Crippen LogP contribution >= 0.6 is 0 Å². The van der Waals surface area contributed by atoms with Gasteiger partial charge in [0.05, 0.1) is 6.61 Å². The zero-order valence-corrected chi connectivity index (χ0v) is 25.2. The van der Waals surface area contributed by atoms with Crippen LogP contribution in [0, 0.1) is 62.6 Å². The maximum absolute atomic E-state index is 11.2. The largest absolute Gasteiger partial charge is 0.466 e. The zero-order chi connectivity index (χ0) is 26.1. The Balaban J connectivity index is 1.36. The quantitative estimate of drug-likeness (QED) is 0.279. The summed E-state index contributed by atoms with van der Waals surface area (Å²) in [6, 6.07) is 0. The van der Waals surface area contributed by atoms with Crippen molar-refractivity contribution in [3.8, 4) is 0 Å². The third-order valence-electron chi connectivity index (χ3n) is 14.6. The van der Waals surface area contributed by atoms with Crippen molar-refractivity contribution in [3.63, 3.8) is 0 Å². The Bertz CT molecular complexity index is 846. The normalized spacial score (nSPS) is 50.3. The first kappa shape index (κ1) is 27.1. The molecule has 0 heterocycles. The van der Waals surface area contributed by atoms with Gasteiger partial charge in [0.2, 0.25) is 0 Å². The molecule has 5 aliphatic rings. The second-order valence-corrected chi connectivity index (χ2v) is 16.3. The molecular weight excluding hydrogens is 440 g/mol. The fraction of sp³-hybridized carbons (Fsp3) is 0.971. The lowest BCUT2D eigenvalue weighted by atomic mass is 9.32. The van der Waals surface area contributed by atoms with E-state index in [1.54, 1.807) is 0 Å². The molecule has 0 N–H and O–H groups in total. The van der Waals surface area contributed by atoms with Crippen molar-refractivity contribution in [2.45, 2.75) is 139 Å². The minimum atomic E-state index is -0.133. The Morgan fingerprint density at radius 1 is 0.778 bits per heavy atom. The molecule has 2 nitrogen and oxygen atoms in total. The molecule has 0 radical (unpaired) electrons. The fourth-order valence-corrected chi connectivity index (χ4v) is 12.9. The lowest BCUT2D eigenvalue weighted by Crippen LogP contribution is -2.65. The Morgan fingerprint density at radius 3 is 2.08 bits per heavy atom. The summed E-state index contributed by atoms with van der Waals surface area (Å²) in [5.74, 6) is 5.14. The molecule has 5 rings (SSSR count). The maximum Gasteiger partial charge on any atom is 0.302 e. The molecule has 206 valence electrons. The van der Waals surface area contributed by atoms with Gasteiger partial charge in [-0.1, -0.05) is 54.9 Å². The van der Waals surface area contributed by atoms with Crippen LogP contribution in [-0.2, 0) is 9.53 Å². The SMILES string of the molecule is CC(=O)OCCC[C@@H](C)[C@H]1CC[C@@]2(C)[C@@H]1CC[C@]1(C)[C@@H]2CC[C@@H]2[C@@]3(C)CCCC(C)(C)[C@@H]3CC[C@]21C. The molecule has 36 heavy (non-hydrogen) atoms. The zero-order valence-electron chi connectivity index (χ0n) is 25.2. The van der Waals surface area contributed by atoms with Gasteiger partial charge in [-0.05, 0) is 140 Å². The van der Waals surface area contributed by atoms with E-state index in [0.29, 0.717) is 33.7 Å². The Hall–Kier alpha value is -0.530. The minimum Gasteiger partial charge on any atom is -0.466 e. The van der Waals surface area contributed by atoms with Crippen molar-refractivity contribution in [2.24, 2.45) is 62.6 Å². The molecule has 0 aromatic carbocycles. The molecule has 0 bridgehead atoms. The predicted octanol–water partition coefficient (Wildman–Crippen LogP) is 9.46. The van der Waals surface area contributed by atoms with Gasteiger partial charge in [-0.25, -0.2) is 0 Å². The average Bonchev–Trinajstić information content (AvgIpc) is 3.13. The van der Waals surface area contributed by atoms with Crippen LogP contribution in [-0.4, -0.2) is 12.6 Å². The third-order valence-corrected chi connectivity index (χ3v) is 14.6. The average molecular weight is 499 g/mol. The van der Waals surface area contributed by atoms with Crippen LogP contribution in [0.3, 0.4) is 0 Å². The first-order valence-electron chi connectivity index (χ1n) is 15.9. The van der Waals surface area contributed by atoms with Gasteiger partial charge in [0.1, 0.15) is 0 Å². The first-order valence-corrected chi connectivity index (χ1v) is 15.9. The van der Waals surface area contributed by atoms with Gasteiger partial charge < -0.3 is 4.74 Å². The number of rotatable bonds is 5. The molecule has 5 fully saturated rings. The topological polar surface area (TPSA) is 26.3 Å². The molecule has 10 atom stereocenters. The summed E-state index contributed by atoms with van der Waals surface area (Å²) in [6.07, 6.45) is 18.3. The Morgan fingerprint density at radius 2 is 1.42 bits per heavy atom. The van der Waals surface area contributed by atoms with E-state index in [1.165, 1.54) is 84.0 Å². The molecule has 2 heteroatoms. The van der Waals surface area contributed by atoms with Crippen LogP contribution in [0.15, 0.2) is 0 Å². The molecular formula is C34H58O2. The molecule has 0 aromatic heterocycles. The van der Waals surface area contributed by atoms with E-state index in [9.17, 15) is 4.79 Å². The number of fused-ring (bicyclic) bond motifs is 7. The van der Waals surface area contributed by atoms with Gasteiger partial charge in [-0.2, -0.15) is 0 Å². The summed E-state index contributed by atoms with van der Waals surface area (Å²) >= 11 is 0. The van der Waals surface area contributed by atoms with E-state index in [0.717, 1.165) is 41.9 Å². The highest BCUT2D eigenvalue weighted by molar-refractivity contribution is 5.65. The van der Waals surface area contributed by atoms with Crippen LogP contribution in [0.4, 0.5) is 0 Å². The van der Waals surface area contributed by atoms with E-state index >= 15 is 0 Å². The highest BCUT2D eigenvalue weighted by atomic mass is 16.5. The van der Waals surface area contributed by atoms with Gasteiger partial charge in [0, 0.05) is 6.92 Å². The number of hydrogen-bond acceptors (Lipinski definition) is 2. The molecule has 5 aliphatic carbocycles.